The third-order valence-corrected chi connectivity index (χ3v) is 5.96. The average molecular weight is 328 g/mol. The number of thiophene rings is 1. The van der Waals surface area contributed by atoms with E-state index in [1.165, 1.54) is 11.3 Å². The molecule has 2 rings (SSSR count). The van der Waals surface area contributed by atoms with Gasteiger partial charge in [-0.1, -0.05) is 0 Å². The first-order chi connectivity index (χ1) is 10.0. The van der Waals surface area contributed by atoms with E-state index in [1.54, 1.807) is 12.5 Å². The molecule has 0 bridgehead atoms. The normalized spacial score (nSPS) is 11.9. The maximum absolute atomic E-state index is 12.4. The van der Waals surface area contributed by atoms with E-state index in [0.29, 0.717) is 18.0 Å². The number of nitrogens with one attached hydrogen (secondary N) is 2. The fourth-order valence-corrected chi connectivity index (χ4v) is 4.98. The van der Waals surface area contributed by atoms with Gasteiger partial charge < -0.3 is 9.88 Å². The number of hydrogen-bond donors (Lipinski definition) is 2. The van der Waals surface area contributed by atoms with Crippen molar-refractivity contribution in [3.05, 3.63) is 34.5 Å². The Morgan fingerprint density at radius 2 is 2.24 bits per heavy atom. The molecule has 0 radical (unpaired) electrons. The highest BCUT2D eigenvalue weighted by molar-refractivity contribution is 7.89. The monoisotopic (exact) mass is 328 g/mol. The van der Waals surface area contributed by atoms with Crippen LogP contribution in [0.5, 0.6) is 0 Å². The summed E-state index contributed by atoms with van der Waals surface area (Å²) in [7, 11) is -1.64. The van der Waals surface area contributed by atoms with Gasteiger partial charge in [0.15, 0.2) is 0 Å². The van der Waals surface area contributed by atoms with Gasteiger partial charge in [-0.15, -0.1) is 11.3 Å². The van der Waals surface area contributed by atoms with Crippen LogP contribution in [0.15, 0.2) is 29.0 Å². The molecule has 0 aliphatic rings. The molecule has 0 spiro atoms. The van der Waals surface area contributed by atoms with E-state index in [9.17, 15) is 8.42 Å². The summed E-state index contributed by atoms with van der Waals surface area (Å²) >= 11 is 1.47. The maximum atomic E-state index is 12.4. The van der Waals surface area contributed by atoms with Crippen molar-refractivity contribution in [2.45, 2.75) is 31.3 Å². The first kappa shape index (κ1) is 16.2. The zero-order chi connectivity index (χ0) is 15.3. The van der Waals surface area contributed by atoms with Crippen LogP contribution in [0.2, 0.25) is 0 Å². The van der Waals surface area contributed by atoms with Crippen molar-refractivity contribution in [1.82, 2.24) is 19.6 Å². The quantitative estimate of drug-likeness (QED) is 0.717. The SMILES string of the molecule is CNCc1scc(C)c1S(=O)(=O)NCCCn1ccnc1. The van der Waals surface area contributed by atoms with Gasteiger partial charge in [0.05, 0.1) is 6.33 Å². The first-order valence-electron chi connectivity index (χ1n) is 6.71. The molecule has 2 aromatic heterocycles. The zero-order valence-electron chi connectivity index (χ0n) is 12.2. The third kappa shape index (κ3) is 4.13. The molecule has 2 N–H and O–H groups in total. The largest absolute Gasteiger partial charge is 0.337 e. The zero-order valence-corrected chi connectivity index (χ0v) is 13.8. The molecule has 21 heavy (non-hydrogen) atoms. The minimum Gasteiger partial charge on any atom is -0.337 e. The molecule has 0 aliphatic carbocycles. The molecule has 0 aromatic carbocycles. The van der Waals surface area contributed by atoms with E-state index < -0.39 is 10.0 Å². The summed E-state index contributed by atoms with van der Waals surface area (Å²) in [5.74, 6) is 0. The number of aryl methyl sites for hydroxylation is 2. The lowest BCUT2D eigenvalue weighted by Gasteiger charge is -2.09. The molecular formula is C13H20N4O2S2. The van der Waals surface area contributed by atoms with Gasteiger partial charge in [-0.2, -0.15) is 0 Å². The van der Waals surface area contributed by atoms with Gasteiger partial charge in [-0.25, -0.2) is 18.1 Å². The second-order valence-corrected chi connectivity index (χ2v) is 7.42. The standard InChI is InChI=1S/C13H20N4O2S2/c1-11-9-20-12(8-14-2)13(11)21(18,19)16-4-3-6-17-7-5-15-10-17/h5,7,9-10,14,16H,3-4,6,8H2,1-2H3. The third-order valence-electron chi connectivity index (χ3n) is 3.04. The van der Waals surface area contributed by atoms with Gasteiger partial charge in [-0.3, -0.25) is 0 Å². The summed E-state index contributed by atoms with van der Waals surface area (Å²) in [6.07, 6.45) is 6.02. The molecule has 0 saturated carbocycles. The molecule has 2 aromatic rings. The summed E-state index contributed by atoms with van der Waals surface area (Å²) in [4.78, 5) is 5.22. The van der Waals surface area contributed by atoms with E-state index in [4.69, 9.17) is 0 Å². The Bertz CT molecular complexity index is 662. The summed E-state index contributed by atoms with van der Waals surface area (Å²) in [6.45, 7) is 3.54. The number of rotatable bonds is 8. The van der Waals surface area contributed by atoms with Crippen molar-refractivity contribution in [3.63, 3.8) is 0 Å². The van der Waals surface area contributed by atoms with E-state index in [-0.39, 0.29) is 0 Å². The predicted octanol–water partition coefficient (Wildman–Crippen LogP) is 1.34. The second kappa shape index (κ2) is 7.17. The van der Waals surface area contributed by atoms with Crippen LogP contribution in [0, 0.1) is 6.92 Å². The summed E-state index contributed by atoms with van der Waals surface area (Å²) in [5, 5.41) is 4.89. The molecular weight excluding hydrogens is 308 g/mol. The van der Waals surface area contributed by atoms with Crippen LogP contribution >= 0.6 is 11.3 Å². The van der Waals surface area contributed by atoms with Crippen molar-refractivity contribution in [2.24, 2.45) is 0 Å². The highest BCUT2D eigenvalue weighted by Crippen LogP contribution is 2.26. The molecule has 8 heteroatoms. The molecule has 6 nitrogen and oxygen atoms in total. The lowest BCUT2D eigenvalue weighted by atomic mass is 10.3. The molecule has 0 amide bonds. The van der Waals surface area contributed by atoms with Crippen LogP contribution in [-0.4, -0.2) is 31.6 Å². The van der Waals surface area contributed by atoms with E-state index >= 15 is 0 Å². The van der Waals surface area contributed by atoms with Crippen molar-refractivity contribution >= 4 is 21.4 Å². The van der Waals surface area contributed by atoms with Crippen LogP contribution in [-0.2, 0) is 23.1 Å². The van der Waals surface area contributed by atoms with Gasteiger partial charge in [0.2, 0.25) is 10.0 Å². The highest BCUT2D eigenvalue weighted by atomic mass is 32.2. The molecule has 0 atom stereocenters. The van der Waals surface area contributed by atoms with Crippen LogP contribution in [0.1, 0.15) is 16.9 Å². The molecule has 116 valence electrons. The Morgan fingerprint density at radius 1 is 1.43 bits per heavy atom. The van der Waals surface area contributed by atoms with Crippen molar-refractivity contribution in [3.8, 4) is 0 Å². The van der Waals surface area contributed by atoms with Crippen LogP contribution in [0.25, 0.3) is 0 Å². The first-order valence-corrected chi connectivity index (χ1v) is 9.08. The highest BCUT2D eigenvalue weighted by Gasteiger charge is 2.22. The number of aromatic nitrogens is 2. The number of imidazole rings is 1. The van der Waals surface area contributed by atoms with Crippen LogP contribution in [0.4, 0.5) is 0 Å². The lowest BCUT2D eigenvalue weighted by molar-refractivity contribution is 0.568. The smallest absolute Gasteiger partial charge is 0.241 e. The summed E-state index contributed by atoms with van der Waals surface area (Å²) < 4.78 is 29.4. The Morgan fingerprint density at radius 3 is 2.90 bits per heavy atom. The van der Waals surface area contributed by atoms with Gasteiger partial charge >= 0.3 is 0 Å². The molecule has 0 fully saturated rings. The fourth-order valence-electron chi connectivity index (χ4n) is 2.09. The van der Waals surface area contributed by atoms with E-state index in [1.807, 2.05) is 30.1 Å². The maximum Gasteiger partial charge on any atom is 0.241 e. The van der Waals surface area contributed by atoms with Crippen molar-refractivity contribution < 1.29 is 8.42 Å². The van der Waals surface area contributed by atoms with Gasteiger partial charge in [0.1, 0.15) is 4.90 Å². The average Bonchev–Trinajstić information content (AvgIpc) is 3.05. The van der Waals surface area contributed by atoms with Gasteiger partial charge in [0, 0.05) is 36.9 Å². The summed E-state index contributed by atoms with van der Waals surface area (Å²) in [5.41, 5.74) is 0.798. The minimum absolute atomic E-state index is 0.412. The van der Waals surface area contributed by atoms with Crippen LogP contribution in [0.3, 0.4) is 0 Å². The van der Waals surface area contributed by atoms with Crippen molar-refractivity contribution in [1.29, 1.82) is 0 Å². The Balaban J connectivity index is 1.96. The minimum atomic E-state index is -3.45. The predicted molar refractivity (Wildman–Crippen MR) is 83.9 cm³/mol. The molecule has 2 heterocycles. The number of hydrogen-bond acceptors (Lipinski definition) is 5. The molecule has 0 aliphatic heterocycles. The summed E-state index contributed by atoms with van der Waals surface area (Å²) in [6, 6.07) is 0. The Hall–Kier alpha value is -1.22. The van der Waals surface area contributed by atoms with Crippen LogP contribution < -0.4 is 10.0 Å². The Kier molecular flexibility index (Phi) is 5.51. The second-order valence-electron chi connectivity index (χ2n) is 4.75. The van der Waals surface area contributed by atoms with Gasteiger partial charge in [-0.05, 0) is 31.3 Å². The molecule has 0 unspecified atom stereocenters. The molecule has 0 saturated heterocycles. The Labute approximate surface area is 129 Å². The van der Waals surface area contributed by atoms with E-state index in [2.05, 4.69) is 15.0 Å². The lowest BCUT2D eigenvalue weighted by Crippen LogP contribution is -2.27. The topological polar surface area (TPSA) is 76.0 Å². The van der Waals surface area contributed by atoms with Gasteiger partial charge in [0.25, 0.3) is 0 Å². The van der Waals surface area contributed by atoms with Crippen molar-refractivity contribution in [2.75, 3.05) is 13.6 Å². The number of sulfonamides is 1. The van der Waals surface area contributed by atoms with E-state index in [0.717, 1.165) is 23.4 Å². The number of nitrogens with zero attached hydrogens (tertiary/aromatic N) is 2. The fraction of sp³-hybridized carbons (Fsp3) is 0.462.